The van der Waals surface area contributed by atoms with Gasteiger partial charge in [-0.1, -0.05) is 30.0 Å². The van der Waals surface area contributed by atoms with Crippen molar-refractivity contribution in [2.24, 2.45) is 7.05 Å². The van der Waals surface area contributed by atoms with E-state index in [-0.39, 0.29) is 0 Å². The number of para-hydroxylation sites is 1. The number of ether oxygens (including phenoxy) is 1. The molecule has 3 rings (SSSR count). The summed E-state index contributed by atoms with van der Waals surface area (Å²) in [6.07, 6.45) is 1.63. The second-order valence-electron chi connectivity index (χ2n) is 5.26. The average molecular weight is 329 g/mol. The molecule has 0 bridgehead atoms. The van der Waals surface area contributed by atoms with Crippen LogP contribution in [0.2, 0.25) is 0 Å². The molecule has 120 valence electrons. The van der Waals surface area contributed by atoms with Crippen LogP contribution in [0, 0.1) is 13.8 Å². The SMILES string of the molecule is Cc1cccc(C)c1OCCSc1nnc(-c2ccco2)n1C. The molecule has 0 spiro atoms. The normalized spacial score (nSPS) is 10.9. The molecule has 0 atom stereocenters. The molecule has 23 heavy (non-hydrogen) atoms. The van der Waals surface area contributed by atoms with Crippen molar-refractivity contribution in [2.75, 3.05) is 12.4 Å². The molecule has 6 heteroatoms. The minimum atomic E-state index is 0.624. The monoisotopic (exact) mass is 329 g/mol. The number of rotatable bonds is 6. The van der Waals surface area contributed by atoms with E-state index in [0.29, 0.717) is 6.61 Å². The fourth-order valence-electron chi connectivity index (χ4n) is 2.36. The molecule has 2 heterocycles. The highest BCUT2D eigenvalue weighted by atomic mass is 32.2. The van der Waals surface area contributed by atoms with E-state index in [1.54, 1.807) is 18.0 Å². The number of furan rings is 1. The zero-order valence-electron chi connectivity index (χ0n) is 13.4. The average Bonchev–Trinajstić information content (AvgIpc) is 3.16. The predicted octanol–water partition coefficient (Wildman–Crippen LogP) is 3.86. The third-order valence-electron chi connectivity index (χ3n) is 3.55. The highest BCUT2D eigenvalue weighted by Gasteiger charge is 2.13. The first-order chi connectivity index (χ1) is 11.2. The van der Waals surface area contributed by atoms with Gasteiger partial charge in [-0.2, -0.15) is 0 Å². The molecular formula is C17H19N3O2S. The van der Waals surface area contributed by atoms with Gasteiger partial charge in [-0.25, -0.2) is 0 Å². The largest absolute Gasteiger partial charge is 0.492 e. The highest BCUT2D eigenvalue weighted by Crippen LogP contribution is 2.25. The van der Waals surface area contributed by atoms with E-state index in [2.05, 4.69) is 36.2 Å². The van der Waals surface area contributed by atoms with Gasteiger partial charge >= 0.3 is 0 Å². The maximum Gasteiger partial charge on any atom is 0.200 e. The Morgan fingerprint density at radius 1 is 1.13 bits per heavy atom. The van der Waals surface area contributed by atoms with Crippen molar-refractivity contribution in [3.8, 4) is 17.3 Å². The van der Waals surface area contributed by atoms with Crippen LogP contribution in [0.4, 0.5) is 0 Å². The quantitative estimate of drug-likeness (QED) is 0.508. The maximum absolute atomic E-state index is 5.91. The Balaban J connectivity index is 1.58. The van der Waals surface area contributed by atoms with Crippen LogP contribution in [0.1, 0.15) is 11.1 Å². The van der Waals surface area contributed by atoms with Gasteiger partial charge < -0.3 is 13.7 Å². The predicted molar refractivity (Wildman–Crippen MR) is 90.8 cm³/mol. The second kappa shape index (κ2) is 6.91. The summed E-state index contributed by atoms with van der Waals surface area (Å²) in [4.78, 5) is 0. The third kappa shape index (κ3) is 3.42. The summed E-state index contributed by atoms with van der Waals surface area (Å²) in [5, 5.41) is 9.24. The number of nitrogens with zero attached hydrogens (tertiary/aromatic N) is 3. The number of hydrogen-bond acceptors (Lipinski definition) is 5. The number of aromatic nitrogens is 3. The molecule has 2 aromatic heterocycles. The standard InChI is InChI=1S/C17H19N3O2S/c1-12-6-4-7-13(2)15(12)22-10-11-23-17-19-18-16(20(17)3)14-8-5-9-21-14/h4-9H,10-11H2,1-3H3. The highest BCUT2D eigenvalue weighted by molar-refractivity contribution is 7.99. The van der Waals surface area contributed by atoms with E-state index in [0.717, 1.165) is 39.4 Å². The van der Waals surface area contributed by atoms with Crippen LogP contribution < -0.4 is 4.74 Å². The van der Waals surface area contributed by atoms with Gasteiger partial charge in [0.15, 0.2) is 16.7 Å². The Morgan fingerprint density at radius 3 is 2.61 bits per heavy atom. The van der Waals surface area contributed by atoms with Gasteiger partial charge in [0.25, 0.3) is 0 Å². The van der Waals surface area contributed by atoms with Crippen molar-refractivity contribution in [3.63, 3.8) is 0 Å². The zero-order valence-corrected chi connectivity index (χ0v) is 14.3. The lowest BCUT2D eigenvalue weighted by atomic mass is 10.1. The first-order valence-electron chi connectivity index (χ1n) is 7.42. The van der Waals surface area contributed by atoms with Gasteiger partial charge in [0.1, 0.15) is 5.75 Å². The number of hydrogen-bond donors (Lipinski definition) is 0. The minimum absolute atomic E-state index is 0.624. The number of thioether (sulfide) groups is 1. The Bertz CT molecular complexity index is 761. The molecule has 1 aromatic carbocycles. The van der Waals surface area contributed by atoms with Gasteiger partial charge in [0.05, 0.1) is 12.9 Å². The molecule has 0 unspecified atom stereocenters. The second-order valence-corrected chi connectivity index (χ2v) is 6.32. The molecule has 0 saturated heterocycles. The van der Waals surface area contributed by atoms with Crippen molar-refractivity contribution < 1.29 is 9.15 Å². The zero-order chi connectivity index (χ0) is 16.2. The van der Waals surface area contributed by atoms with Crippen LogP contribution in [0.25, 0.3) is 11.6 Å². The molecule has 3 aromatic rings. The summed E-state index contributed by atoms with van der Waals surface area (Å²) in [5.74, 6) is 3.23. The van der Waals surface area contributed by atoms with Crippen molar-refractivity contribution in [2.45, 2.75) is 19.0 Å². The Hall–Kier alpha value is -2.21. The molecule has 0 fully saturated rings. The van der Waals surface area contributed by atoms with Crippen molar-refractivity contribution in [1.29, 1.82) is 0 Å². The molecule has 0 amide bonds. The molecular weight excluding hydrogens is 310 g/mol. The third-order valence-corrected chi connectivity index (χ3v) is 4.53. The summed E-state index contributed by atoms with van der Waals surface area (Å²) < 4.78 is 13.2. The lowest BCUT2D eigenvalue weighted by molar-refractivity contribution is 0.339. The van der Waals surface area contributed by atoms with E-state index in [1.165, 1.54) is 0 Å². The lowest BCUT2D eigenvalue weighted by Crippen LogP contribution is -2.04. The smallest absolute Gasteiger partial charge is 0.200 e. The Labute approximate surface area is 139 Å². The van der Waals surface area contributed by atoms with Crippen LogP contribution in [0.15, 0.2) is 46.2 Å². The maximum atomic E-state index is 5.91. The first-order valence-corrected chi connectivity index (χ1v) is 8.40. The van der Waals surface area contributed by atoms with E-state index < -0.39 is 0 Å². The molecule has 0 radical (unpaired) electrons. The summed E-state index contributed by atoms with van der Waals surface area (Å²) in [6, 6.07) is 9.89. The van der Waals surface area contributed by atoms with Crippen LogP contribution >= 0.6 is 11.8 Å². The Kier molecular flexibility index (Phi) is 4.71. The van der Waals surface area contributed by atoms with Crippen molar-refractivity contribution >= 4 is 11.8 Å². The topological polar surface area (TPSA) is 53.1 Å². The van der Waals surface area contributed by atoms with Gasteiger partial charge in [-0.05, 0) is 37.1 Å². The molecule has 0 aliphatic rings. The van der Waals surface area contributed by atoms with Gasteiger partial charge in [-0.3, -0.25) is 0 Å². The van der Waals surface area contributed by atoms with Crippen LogP contribution in [0.5, 0.6) is 5.75 Å². The van der Waals surface area contributed by atoms with E-state index in [1.807, 2.05) is 29.8 Å². The molecule has 0 N–H and O–H groups in total. The first kappa shape index (κ1) is 15.7. The summed E-state index contributed by atoms with van der Waals surface area (Å²) in [7, 11) is 1.94. The van der Waals surface area contributed by atoms with Gasteiger partial charge in [0, 0.05) is 12.8 Å². The summed E-state index contributed by atoms with van der Waals surface area (Å²) >= 11 is 1.62. The molecule has 0 saturated carbocycles. The van der Waals surface area contributed by atoms with E-state index >= 15 is 0 Å². The van der Waals surface area contributed by atoms with E-state index in [9.17, 15) is 0 Å². The summed E-state index contributed by atoms with van der Waals surface area (Å²) in [5.41, 5.74) is 2.32. The van der Waals surface area contributed by atoms with Crippen molar-refractivity contribution in [1.82, 2.24) is 14.8 Å². The fraction of sp³-hybridized carbons (Fsp3) is 0.294. The molecule has 0 aliphatic carbocycles. The molecule has 5 nitrogen and oxygen atoms in total. The van der Waals surface area contributed by atoms with Gasteiger partial charge in [-0.15, -0.1) is 10.2 Å². The number of aryl methyl sites for hydroxylation is 2. The van der Waals surface area contributed by atoms with Crippen LogP contribution in [-0.2, 0) is 7.05 Å². The van der Waals surface area contributed by atoms with Crippen molar-refractivity contribution in [3.05, 3.63) is 47.7 Å². The van der Waals surface area contributed by atoms with Crippen LogP contribution in [0.3, 0.4) is 0 Å². The Morgan fingerprint density at radius 2 is 1.91 bits per heavy atom. The fourth-order valence-corrected chi connectivity index (χ4v) is 3.09. The van der Waals surface area contributed by atoms with Gasteiger partial charge in [0.2, 0.25) is 0 Å². The summed E-state index contributed by atoms with van der Waals surface area (Å²) in [6.45, 7) is 4.75. The van der Waals surface area contributed by atoms with Crippen LogP contribution in [-0.4, -0.2) is 27.1 Å². The number of benzene rings is 1. The minimum Gasteiger partial charge on any atom is -0.492 e. The van der Waals surface area contributed by atoms with E-state index in [4.69, 9.17) is 9.15 Å². The molecule has 0 aliphatic heterocycles. The lowest BCUT2D eigenvalue weighted by Gasteiger charge is -2.11.